The lowest BCUT2D eigenvalue weighted by atomic mass is 10.3. The van der Waals surface area contributed by atoms with E-state index < -0.39 is 6.43 Å². The SMILES string of the molecule is Cc1cncc(-n2ccc(C(F)F)n2)c1. The highest BCUT2D eigenvalue weighted by atomic mass is 19.3. The summed E-state index contributed by atoms with van der Waals surface area (Å²) >= 11 is 0. The van der Waals surface area contributed by atoms with Crippen LogP contribution in [0, 0.1) is 6.92 Å². The summed E-state index contributed by atoms with van der Waals surface area (Å²) in [6, 6.07) is 3.13. The number of halogens is 2. The molecule has 0 radical (unpaired) electrons. The van der Waals surface area contributed by atoms with Crippen molar-refractivity contribution < 1.29 is 8.78 Å². The van der Waals surface area contributed by atoms with E-state index >= 15 is 0 Å². The molecule has 0 fully saturated rings. The molecule has 0 aliphatic rings. The van der Waals surface area contributed by atoms with E-state index in [4.69, 9.17) is 0 Å². The lowest BCUT2D eigenvalue weighted by Crippen LogP contribution is -1.97. The first-order valence-electron chi connectivity index (χ1n) is 4.42. The highest BCUT2D eigenvalue weighted by Gasteiger charge is 2.10. The number of alkyl halides is 2. The van der Waals surface area contributed by atoms with Crippen LogP contribution >= 0.6 is 0 Å². The van der Waals surface area contributed by atoms with Crippen LogP contribution < -0.4 is 0 Å². The van der Waals surface area contributed by atoms with Gasteiger partial charge >= 0.3 is 0 Å². The minimum atomic E-state index is -2.54. The Morgan fingerprint density at radius 3 is 2.73 bits per heavy atom. The third-order valence-electron chi connectivity index (χ3n) is 1.96. The van der Waals surface area contributed by atoms with Crippen molar-refractivity contribution in [3.8, 4) is 5.69 Å². The van der Waals surface area contributed by atoms with Crippen molar-refractivity contribution in [3.05, 3.63) is 42.0 Å². The molecule has 0 N–H and O–H groups in total. The van der Waals surface area contributed by atoms with Gasteiger partial charge in [0.2, 0.25) is 0 Å². The highest BCUT2D eigenvalue weighted by Crippen LogP contribution is 2.17. The summed E-state index contributed by atoms with van der Waals surface area (Å²) in [5.41, 5.74) is 1.42. The predicted octanol–water partition coefficient (Wildman–Crippen LogP) is 2.51. The third kappa shape index (κ3) is 2.01. The molecule has 0 amide bonds. The van der Waals surface area contributed by atoms with Crippen molar-refractivity contribution in [2.24, 2.45) is 0 Å². The Kier molecular flexibility index (Phi) is 2.45. The Morgan fingerprint density at radius 1 is 1.33 bits per heavy atom. The number of rotatable bonds is 2. The molecule has 3 nitrogen and oxygen atoms in total. The molecule has 0 aliphatic carbocycles. The standard InChI is InChI=1S/C10H9F2N3/c1-7-4-8(6-13-5-7)15-3-2-9(14-15)10(11)12/h2-6,10H,1H3. The first-order valence-corrected chi connectivity index (χ1v) is 4.42. The zero-order chi connectivity index (χ0) is 10.8. The third-order valence-corrected chi connectivity index (χ3v) is 1.96. The fourth-order valence-corrected chi connectivity index (χ4v) is 1.26. The molecule has 0 spiro atoms. The predicted molar refractivity (Wildman–Crippen MR) is 51.1 cm³/mol. The smallest absolute Gasteiger partial charge is 0.262 e. The molecular formula is C10H9F2N3. The molecule has 0 bridgehead atoms. The van der Waals surface area contributed by atoms with Crippen LogP contribution in [0.4, 0.5) is 8.78 Å². The van der Waals surface area contributed by atoms with Crippen molar-refractivity contribution in [1.82, 2.24) is 14.8 Å². The van der Waals surface area contributed by atoms with Gasteiger partial charge in [-0.3, -0.25) is 4.98 Å². The minimum Gasteiger partial charge on any atom is -0.262 e. The summed E-state index contributed by atoms with van der Waals surface area (Å²) < 4.78 is 26.0. The van der Waals surface area contributed by atoms with E-state index in [1.54, 1.807) is 12.4 Å². The number of nitrogens with zero attached hydrogens (tertiary/aromatic N) is 3. The number of aromatic nitrogens is 3. The monoisotopic (exact) mass is 209 g/mol. The van der Waals surface area contributed by atoms with Crippen molar-refractivity contribution in [1.29, 1.82) is 0 Å². The first-order chi connectivity index (χ1) is 7.16. The molecule has 15 heavy (non-hydrogen) atoms. The normalized spacial score (nSPS) is 10.9. The zero-order valence-electron chi connectivity index (χ0n) is 8.06. The van der Waals surface area contributed by atoms with E-state index in [1.807, 2.05) is 13.0 Å². The molecule has 2 aromatic rings. The second-order valence-corrected chi connectivity index (χ2v) is 3.21. The molecule has 0 aromatic carbocycles. The van der Waals surface area contributed by atoms with Crippen LogP contribution in [0.5, 0.6) is 0 Å². The molecule has 0 unspecified atom stereocenters. The van der Waals surface area contributed by atoms with Crippen molar-refractivity contribution in [2.45, 2.75) is 13.3 Å². The van der Waals surface area contributed by atoms with Gasteiger partial charge in [0, 0.05) is 12.4 Å². The summed E-state index contributed by atoms with van der Waals surface area (Å²) in [7, 11) is 0. The molecule has 0 saturated heterocycles. The Bertz CT molecular complexity index is 465. The van der Waals surface area contributed by atoms with Crippen LogP contribution in [-0.2, 0) is 0 Å². The van der Waals surface area contributed by atoms with Gasteiger partial charge in [0.15, 0.2) is 0 Å². The number of hydrogen-bond acceptors (Lipinski definition) is 2. The van der Waals surface area contributed by atoms with Gasteiger partial charge in [-0.1, -0.05) is 0 Å². The molecule has 78 valence electrons. The fraction of sp³-hybridized carbons (Fsp3) is 0.200. The second kappa shape index (κ2) is 3.76. The van der Waals surface area contributed by atoms with Gasteiger partial charge in [-0.05, 0) is 24.6 Å². The van der Waals surface area contributed by atoms with E-state index in [1.165, 1.54) is 16.9 Å². The van der Waals surface area contributed by atoms with E-state index in [0.29, 0.717) is 5.69 Å². The number of hydrogen-bond donors (Lipinski definition) is 0. The minimum absolute atomic E-state index is 0.225. The molecule has 5 heteroatoms. The van der Waals surface area contributed by atoms with Crippen LogP contribution in [0.1, 0.15) is 17.7 Å². The number of pyridine rings is 1. The quantitative estimate of drug-likeness (QED) is 0.760. The maximum absolute atomic E-state index is 12.3. The largest absolute Gasteiger partial charge is 0.282 e. The number of aryl methyl sites for hydroxylation is 1. The molecule has 2 heterocycles. The van der Waals surface area contributed by atoms with Gasteiger partial charge in [0.1, 0.15) is 5.69 Å². The average Bonchev–Trinajstić information content (AvgIpc) is 2.66. The maximum atomic E-state index is 12.3. The second-order valence-electron chi connectivity index (χ2n) is 3.21. The van der Waals surface area contributed by atoms with Crippen LogP contribution in [0.2, 0.25) is 0 Å². The van der Waals surface area contributed by atoms with Gasteiger partial charge < -0.3 is 0 Å². The van der Waals surface area contributed by atoms with Gasteiger partial charge in [0.25, 0.3) is 6.43 Å². The molecule has 0 aliphatic heterocycles. The Balaban J connectivity index is 2.37. The molecule has 0 atom stereocenters. The van der Waals surface area contributed by atoms with Crippen LogP contribution in [0.25, 0.3) is 5.69 Å². The maximum Gasteiger partial charge on any atom is 0.282 e. The van der Waals surface area contributed by atoms with Gasteiger partial charge in [-0.15, -0.1) is 0 Å². The van der Waals surface area contributed by atoms with E-state index in [9.17, 15) is 8.78 Å². The van der Waals surface area contributed by atoms with E-state index in [2.05, 4.69) is 10.1 Å². The zero-order valence-corrected chi connectivity index (χ0v) is 8.06. The molecule has 2 aromatic heterocycles. The van der Waals surface area contributed by atoms with E-state index in [-0.39, 0.29) is 5.69 Å². The van der Waals surface area contributed by atoms with Gasteiger partial charge in [0.05, 0.1) is 11.9 Å². The summed E-state index contributed by atoms with van der Waals surface area (Å²) in [6.45, 7) is 1.88. The molecule has 0 saturated carbocycles. The van der Waals surface area contributed by atoms with Crippen molar-refractivity contribution in [3.63, 3.8) is 0 Å². The van der Waals surface area contributed by atoms with Crippen LogP contribution in [-0.4, -0.2) is 14.8 Å². The van der Waals surface area contributed by atoms with Crippen LogP contribution in [0.15, 0.2) is 30.7 Å². The Morgan fingerprint density at radius 2 is 2.13 bits per heavy atom. The summed E-state index contributed by atoms with van der Waals surface area (Å²) in [6.07, 6.45) is 2.23. The Labute approximate surface area is 85.4 Å². The molecule has 2 rings (SSSR count). The molecular weight excluding hydrogens is 200 g/mol. The summed E-state index contributed by atoms with van der Waals surface area (Å²) in [4.78, 5) is 3.97. The van der Waals surface area contributed by atoms with Gasteiger partial charge in [-0.25, -0.2) is 13.5 Å². The van der Waals surface area contributed by atoms with Crippen molar-refractivity contribution in [2.75, 3.05) is 0 Å². The lowest BCUT2D eigenvalue weighted by molar-refractivity contribution is 0.145. The highest BCUT2D eigenvalue weighted by molar-refractivity contribution is 5.30. The first kappa shape index (κ1) is 9.76. The van der Waals surface area contributed by atoms with Crippen LogP contribution in [0.3, 0.4) is 0 Å². The van der Waals surface area contributed by atoms with Crippen molar-refractivity contribution >= 4 is 0 Å². The lowest BCUT2D eigenvalue weighted by Gasteiger charge is -2.01. The topological polar surface area (TPSA) is 30.7 Å². The summed E-state index contributed by atoms with van der Waals surface area (Å²) in [5, 5.41) is 3.75. The fourth-order valence-electron chi connectivity index (χ4n) is 1.26. The average molecular weight is 209 g/mol. The summed E-state index contributed by atoms with van der Waals surface area (Å²) in [5.74, 6) is 0. The Hall–Kier alpha value is -1.78. The van der Waals surface area contributed by atoms with E-state index in [0.717, 1.165) is 5.56 Å². The van der Waals surface area contributed by atoms with Gasteiger partial charge in [-0.2, -0.15) is 5.10 Å².